The monoisotopic (exact) mass is 292 g/mol. The zero-order chi connectivity index (χ0) is 13.4. The van der Waals surface area contributed by atoms with Gasteiger partial charge in [0.05, 0.1) is 16.7 Å². The van der Waals surface area contributed by atoms with Gasteiger partial charge < -0.3 is 9.55 Å². The summed E-state index contributed by atoms with van der Waals surface area (Å²) in [6.07, 6.45) is 2.79. The lowest BCUT2D eigenvalue weighted by Gasteiger charge is -2.03. The molecule has 0 saturated carbocycles. The summed E-state index contributed by atoms with van der Waals surface area (Å²) in [4.78, 5) is 3.19. The first-order valence-electron chi connectivity index (χ1n) is 6.00. The number of imidazole rings is 1. The fraction of sp³-hybridized carbons (Fsp3) is 0.231. The van der Waals surface area contributed by atoms with Crippen LogP contribution in [0.5, 0.6) is 0 Å². The van der Waals surface area contributed by atoms with E-state index < -0.39 is 0 Å². The van der Waals surface area contributed by atoms with E-state index in [-0.39, 0.29) is 0 Å². The van der Waals surface area contributed by atoms with Gasteiger partial charge in [-0.3, -0.25) is 4.68 Å². The zero-order valence-electron chi connectivity index (χ0n) is 10.4. The fourth-order valence-electron chi connectivity index (χ4n) is 2.17. The highest BCUT2D eigenvalue weighted by atomic mass is 35.5. The first kappa shape index (κ1) is 12.4. The Hall–Kier alpha value is -1.59. The Bertz CT molecular complexity index is 783. The molecule has 0 radical (unpaired) electrons. The average molecular weight is 293 g/mol. The Labute approximate surface area is 120 Å². The van der Waals surface area contributed by atoms with E-state index in [9.17, 15) is 0 Å². The molecule has 6 heteroatoms. The Morgan fingerprint density at radius 2 is 2.21 bits per heavy atom. The Morgan fingerprint density at radius 1 is 1.37 bits per heavy atom. The van der Waals surface area contributed by atoms with Gasteiger partial charge in [-0.15, -0.1) is 0 Å². The van der Waals surface area contributed by atoms with Crippen LogP contribution in [0.2, 0.25) is 5.02 Å². The maximum atomic E-state index is 6.04. The molecule has 0 aliphatic heterocycles. The highest BCUT2D eigenvalue weighted by molar-refractivity contribution is 7.71. The van der Waals surface area contributed by atoms with Gasteiger partial charge in [-0.2, -0.15) is 5.10 Å². The molecule has 0 amide bonds. The molecule has 3 rings (SSSR count). The van der Waals surface area contributed by atoms with Crippen LogP contribution in [0.4, 0.5) is 0 Å². The number of fused-ring (bicyclic) bond motifs is 1. The first-order valence-corrected chi connectivity index (χ1v) is 6.79. The van der Waals surface area contributed by atoms with E-state index in [0.717, 1.165) is 29.7 Å². The summed E-state index contributed by atoms with van der Waals surface area (Å²) >= 11 is 11.4. The smallest absolute Gasteiger partial charge is 0.178 e. The van der Waals surface area contributed by atoms with Gasteiger partial charge in [0.2, 0.25) is 0 Å². The number of aryl methyl sites for hydroxylation is 3. The summed E-state index contributed by atoms with van der Waals surface area (Å²) in [7, 11) is 1.92. The third kappa shape index (κ3) is 2.43. The molecule has 0 spiro atoms. The van der Waals surface area contributed by atoms with Crippen LogP contribution in [0.15, 0.2) is 30.5 Å². The molecule has 1 aromatic carbocycles. The van der Waals surface area contributed by atoms with Gasteiger partial charge in [0.1, 0.15) is 0 Å². The largest absolute Gasteiger partial charge is 0.331 e. The van der Waals surface area contributed by atoms with Crippen molar-refractivity contribution in [3.05, 3.63) is 45.9 Å². The van der Waals surface area contributed by atoms with E-state index in [1.54, 1.807) is 4.68 Å². The van der Waals surface area contributed by atoms with Crippen LogP contribution in [0.1, 0.15) is 5.69 Å². The van der Waals surface area contributed by atoms with Crippen LogP contribution in [0, 0.1) is 4.77 Å². The molecular weight excluding hydrogens is 280 g/mol. The molecule has 3 aromatic rings. The summed E-state index contributed by atoms with van der Waals surface area (Å²) in [5.41, 5.74) is 3.10. The number of H-pyrrole nitrogens is 1. The number of halogens is 1. The van der Waals surface area contributed by atoms with Gasteiger partial charge in [0, 0.05) is 31.2 Å². The van der Waals surface area contributed by atoms with Gasteiger partial charge in [0.15, 0.2) is 4.77 Å². The minimum Gasteiger partial charge on any atom is -0.331 e. The molecule has 2 heterocycles. The molecule has 19 heavy (non-hydrogen) atoms. The number of benzene rings is 1. The third-order valence-electron chi connectivity index (χ3n) is 3.10. The normalized spacial score (nSPS) is 11.3. The van der Waals surface area contributed by atoms with Crippen molar-refractivity contribution in [2.24, 2.45) is 7.05 Å². The number of aromatic nitrogens is 4. The summed E-state index contributed by atoms with van der Waals surface area (Å²) < 4.78 is 4.58. The summed E-state index contributed by atoms with van der Waals surface area (Å²) in [5.74, 6) is 0. The summed E-state index contributed by atoms with van der Waals surface area (Å²) in [5, 5.41) is 5.09. The van der Waals surface area contributed by atoms with Crippen molar-refractivity contribution < 1.29 is 0 Å². The van der Waals surface area contributed by atoms with Crippen molar-refractivity contribution in [1.29, 1.82) is 0 Å². The molecular formula is C13H13ClN4S. The number of nitrogens with one attached hydrogen (secondary N) is 1. The fourth-order valence-corrected chi connectivity index (χ4v) is 2.64. The predicted molar refractivity (Wildman–Crippen MR) is 79.0 cm³/mol. The number of aromatic amines is 1. The molecule has 0 aliphatic carbocycles. The Kier molecular flexibility index (Phi) is 3.16. The first-order chi connectivity index (χ1) is 9.13. The van der Waals surface area contributed by atoms with Gasteiger partial charge in [-0.25, -0.2) is 0 Å². The lowest BCUT2D eigenvalue weighted by molar-refractivity contribution is 0.671. The Morgan fingerprint density at radius 3 is 2.95 bits per heavy atom. The number of rotatable bonds is 3. The molecule has 0 unspecified atom stereocenters. The van der Waals surface area contributed by atoms with Crippen LogP contribution < -0.4 is 0 Å². The minimum atomic E-state index is 0.716. The van der Waals surface area contributed by atoms with Crippen LogP contribution in [0.25, 0.3) is 11.0 Å². The van der Waals surface area contributed by atoms with Gasteiger partial charge >= 0.3 is 0 Å². The number of nitrogens with zero attached hydrogens (tertiary/aromatic N) is 3. The predicted octanol–water partition coefficient (Wildman–Crippen LogP) is 3.33. The molecule has 4 nitrogen and oxygen atoms in total. The van der Waals surface area contributed by atoms with Crippen molar-refractivity contribution >= 4 is 34.9 Å². The SMILES string of the molecule is Cn1ccc(CCn2c(=S)[nH]c3ccc(Cl)cc32)n1. The van der Waals surface area contributed by atoms with E-state index in [4.69, 9.17) is 23.8 Å². The average Bonchev–Trinajstić information content (AvgIpc) is 2.90. The molecule has 2 aromatic heterocycles. The van der Waals surface area contributed by atoms with Crippen molar-refractivity contribution in [3.63, 3.8) is 0 Å². The lowest BCUT2D eigenvalue weighted by atomic mass is 10.3. The molecule has 0 saturated heterocycles. The number of hydrogen-bond acceptors (Lipinski definition) is 2. The third-order valence-corrected chi connectivity index (χ3v) is 3.66. The number of hydrogen-bond donors (Lipinski definition) is 1. The molecule has 0 bridgehead atoms. The van der Waals surface area contributed by atoms with Crippen molar-refractivity contribution in [2.75, 3.05) is 0 Å². The van der Waals surface area contributed by atoms with Crippen molar-refractivity contribution in [1.82, 2.24) is 19.3 Å². The van der Waals surface area contributed by atoms with E-state index in [2.05, 4.69) is 14.6 Å². The maximum absolute atomic E-state index is 6.04. The molecule has 0 atom stereocenters. The van der Waals surface area contributed by atoms with Crippen LogP contribution in [0.3, 0.4) is 0 Å². The van der Waals surface area contributed by atoms with Crippen LogP contribution >= 0.6 is 23.8 Å². The second kappa shape index (κ2) is 4.83. The van der Waals surface area contributed by atoms with Gasteiger partial charge in [-0.05, 0) is 36.5 Å². The van der Waals surface area contributed by atoms with E-state index in [1.807, 2.05) is 37.5 Å². The summed E-state index contributed by atoms with van der Waals surface area (Å²) in [6.45, 7) is 0.788. The van der Waals surface area contributed by atoms with E-state index in [0.29, 0.717) is 9.79 Å². The molecule has 0 aliphatic rings. The molecule has 1 N–H and O–H groups in total. The zero-order valence-corrected chi connectivity index (χ0v) is 12.0. The van der Waals surface area contributed by atoms with E-state index in [1.165, 1.54) is 0 Å². The molecule has 0 fully saturated rings. The van der Waals surface area contributed by atoms with Gasteiger partial charge in [0.25, 0.3) is 0 Å². The van der Waals surface area contributed by atoms with Gasteiger partial charge in [-0.1, -0.05) is 11.6 Å². The highest BCUT2D eigenvalue weighted by Crippen LogP contribution is 2.19. The van der Waals surface area contributed by atoms with Crippen molar-refractivity contribution in [2.45, 2.75) is 13.0 Å². The van der Waals surface area contributed by atoms with Crippen LogP contribution in [-0.4, -0.2) is 19.3 Å². The minimum absolute atomic E-state index is 0.716. The second-order valence-corrected chi connectivity index (χ2v) is 5.30. The van der Waals surface area contributed by atoms with E-state index >= 15 is 0 Å². The van der Waals surface area contributed by atoms with Crippen molar-refractivity contribution in [3.8, 4) is 0 Å². The standard InChI is InChI=1S/C13H13ClN4S/c1-17-6-4-10(16-17)5-7-18-12-8-9(14)2-3-11(12)15-13(18)19/h2-4,6,8H,5,7H2,1H3,(H,15,19). The highest BCUT2D eigenvalue weighted by Gasteiger charge is 2.06. The topological polar surface area (TPSA) is 38.5 Å². The summed E-state index contributed by atoms with van der Waals surface area (Å²) in [6, 6.07) is 7.76. The maximum Gasteiger partial charge on any atom is 0.178 e. The Balaban J connectivity index is 1.94. The quantitative estimate of drug-likeness (QED) is 0.752. The second-order valence-electron chi connectivity index (χ2n) is 4.47. The molecule has 98 valence electrons. The lowest BCUT2D eigenvalue weighted by Crippen LogP contribution is -2.02. The van der Waals surface area contributed by atoms with Crippen LogP contribution in [-0.2, 0) is 20.0 Å².